The molecule has 2 rings (SSSR count). The summed E-state index contributed by atoms with van der Waals surface area (Å²) in [6.45, 7) is -1.78. The van der Waals surface area contributed by atoms with Crippen LogP contribution in [-0.4, -0.2) is 44.9 Å². The summed E-state index contributed by atoms with van der Waals surface area (Å²) in [5, 5.41) is 3.64. The molecular weight excluding hydrogens is 426 g/mol. The van der Waals surface area contributed by atoms with Gasteiger partial charge in [0.05, 0.1) is 22.3 Å². The van der Waals surface area contributed by atoms with E-state index in [4.69, 9.17) is 0 Å². The molecule has 1 fully saturated rings. The van der Waals surface area contributed by atoms with Crippen molar-refractivity contribution in [3.05, 3.63) is 29.8 Å². The van der Waals surface area contributed by atoms with E-state index >= 15 is 0 Å². The second-order valence-corrected chi connectivity index (χ2v) is 9.05. The van der Waals surface area contributed by atoms with Gasteiger partial charge in [0.1, 0.15) is 6.54 Å². The molecule has 5 nitrogen and oxygen atoms in total. The summed E-state index contributed by atoms with van der Waals surface area (Å²) in [5.74, 6) is -0.832. The highest BCUT2D eigenvalue weighted by molar-refractivity contribution is 7.92. The third kappa shape index (κ3) is 6.88. The molecule has 0 aromatic heterocycles. The van der Waals surface area contributed by atoms with Crippen LogP contribution in [0.25, 0.3) is 0 Å². The molecule has 1 aromatic carbocycles. The van der Waals surface area contributed by atoms with Crippen molar-refractivity contribution in [2.75, 3.05) is 13.1 Å². The van der Waals surface area contributed by atoms with Crippen molar-refractivity contribution in [3.63, 3.8) is 0 Å². The first-order chi connectivity index (χ1) is 13.3. The van der Waals surface area contributed by atoms with Crippen LogP contribution in [0, 0.1) is 0 Å². The predicted octanol–water partition coefficient (Wildman–Crippen LogP) is 3.06. The molecule has 1 aliphatic rings. The van der Waals surface area contributed by atoms with Crippen molar-refractivity contribution < 1.29 is 39.6 Å². The first-order valence-electron chi connectivity index (χ1n) is 8.77. The Morgan fingerprint density at radius 1 is 1.03 bits per heavy atom. The second kappa shape index (κ2) is 8.90. The molecule has 1 aliphatic carbocycles. The van der Waals surface area contributed by atoms with E-state index in [-0.39, 0.29) is 25.4 Å². The van der Waals surface area contributed by atoms with Gasteiger partial charge in [-0.25, -0.2) is 8.42 Å². The molecule has 164 valence electrons. The van der Waals surface area contributed by atoms with E-state index in [1.165, 1.54) is 0 Å². The summed E-state index contributed by atoms with van der Waals surface area (Å²) < 4.78 is 99.9. The van der Waals surface area contributed by atoms with Crippen molar-refractivity contribution in [2.45, 2.75) is 54.2 Å². The highest BCUT2D eigenvalue weighted by Crippen LogP contribution is 2.33. The number of sulfone groups is 1. The minimum absolute atomic E-state index is 0.167. The molecule has 12 heteroatoms. The maximum atomic E-state index is 12.8. The number of alkyl halides is 6. The molecule has 0 bridgehead atoms. The van der Waals surface area contributed by atoms with E-state index in [0.717, 1.165) is 18.2 Å². The molecule has 29 heavy (non-hydrogen) atoms. The highest BCUT2D eigenvalue weighted by atomic mass is 32.2. The van der Waals surface area contributed by atoms with Gasteiger partial charge in [-0.15, -0.1) is 0 Å². The summed E-state index contributed by atoms with van der Waals surface area (Å²) in [4.78, 5) is 11.0. The maximum Gasteiger partial charge on any atom is 0.416 e. The van der Waals surface area contributed by atoms with Gasteiger partial charge in [-0.3, -0.25) is 4.79 Å². The Labute approximate surface area is 163 Å². The average Bonchev–Trinajstić information content (AvgIpc) is 2.64. The van der Waals surface area contributed by atoms with Crippen LogP contribution in [0.2, 0.25) is 0 Å². The van der Waals surface area contributed by atoms with Crippen molar-refractivity contribution in [1.29, 1.82) is 0 Å². The average molecular weight is 446 g/mol. The lowest BCUT2D eigenvalue weighted by molar-refractivity contribution is -0.138. The Kier molecular flexibility index (Phi) is 7.20. The van der Waals surface area contributed by atoms with Crippen LogP contribution in [0.4, 0.5) is 26.3 Å². The first kappa shape index (κ1) is 23.5. The normalized spacial score (nSPS) is 21.0. The second-order valence-electron chi connectivity index (χ2n) is 6.82. The van der Waals surface area contributed by atoms with Crippen LogP contribution in [0.3, 0.4) is 0 Å². The fraction of sp³-hybridized carbons (Fsp3) is 0.588. The molecule has 0 unspecified atom stereocenters. The highest BCUT2D eigenvalue weighted by Gasteiger charge is 2.35. The number of hydrogen-bond donors (Lipinski definition) is 2. The number of benzene rings is 1. The van der Waals surface area contributed by atoms with Gasteiger partial charge in [0.15, 0.2) is 9.84 Å². The topological polar surface area (TPSA) is 75.3 Å². The molecule has 0 heterocycles. The number of amides is 1. The van der Waals surface area contributed by atoms with E-state index in [2.05, 4.69) is 5.32 Å². The molecule has 0 atom stereocenters. The molecule has 0 saturated heterocycles. The predicted molar refractivity (Wildman–Crippen MR) is 91.7 cm³/mol. The van der Waals surface area contributed by atoms with E-state index in [1.807, 2.05) is 0 Å². The molecule has 2 N–H and O–H groups in total. The van der Waals surface area contributed by atoms with Crippen LogP contribution in [0.1, 0.15) is 31.2 Å². The Morgan fingerprint density at radius 2 is 1.66 bits per heavy atom. The van der Waals surface area contributed by atoms with E-state index in [9.17, 15) is 39.6 Å². The molecular formula is C17H20F6N2O3S. The standard InChI is InChI=1S/C17H20F6N2O3S/c18-16(19,20)10-25-15(26)9-24-12-4-6-13(7-5-12)29(27,28)14-3-1-2-11(8-14)17(21,22)23/h1-3,8,12-13,24H,4-7,9-10H2,(H,25,26)/t12-,13+. The molecule has 0 aliphatic heterocycles. The fourth-order valence-corrected chi connectivity index (χ4v) is 4.95. The largest absolute Gasteiger partial charge is 0.416 e. The summed E-state index contributed by atoms with van der Waals surface area (Å²) in [6, 6.07) is 3.32. The zero-order valence-corrected chi connectivity index (χ0v) is 15.9. The third-order valence-electron chi connectivity index (χ3n) is 4.64. The summed E-state index contributed by atoms with van der Waals surface area (Å²) in [7, 11) is -3.96. The molecule has 1 amide bonds. The van der Waals surface area contributed by atoms with Gasteiger partial charge in [0.2, 0.25) is 5.91 Å². The minimum atomic E-state index is -4.65. The van der Waals surface area contributed by atoms with Gasteiger partial charge in [-0.2, -0.15) is 26.3 Å². The summed E-state index contributed by atoms with van der Waals surface area (Å²) in [5.41, 5.74) is -1.04. The SMILES string of the molecule is O=C(CN[C@H]1CC[C@@H](S(=O)(=O)c2cccc(C(F)(F)F)c2)CC1)NCC(F)(F)F. The monoisotopic (exact) mass is 446 g/mol. The third-order valence-corrected chi connectivity index (χ3v) is 6.90. The molecule has 0 spiro atoms. The first-order valence-corrected chi connectivity index (χ1v) is 10.3. The van der Waals surface area contributed by atoms with Crippen molar-refractivity contribution in [2.24, 2.45) is 0 Å². The smallest absolute Gasteiger partial charge is 0.346 e. The lowest BCUT2D eigenvalue weighted by Crippen LogP contribution is -2.44. The molecule has 1 saturated carbocycles. The van der Waals surface area contributed by atoms with Crippen LogP contribution in [0.15, 0.2) is 29.2 Å². The number of nitrogens with one attached hydrogen (secondary N) is 2. The van der Waals surface area contributed by atoms with Gasteiger partial charge < -0.3 is 10.6 Å². The van der Waals surface area contributed by atoms with Gasteiger partial charge in [0, 0.05) is 6.04 Å². The summed E-state index contributed by atoms with van der Waals surface area (Å²) in [6.07, 6.45) is -8.17. The van der Waals surface area contributed by atoms with Crippen molar-refractivity contribution >= 4 is 15.7 Å². The zero-order chi connectivity index (χ0) is 21.9. The van der Waals surface area contributed by atoms with Gasteiger partial charge in [0.25, 0.3) is 0 Å². The molecule has 0 radical (unpaired) electrons. The lowest BCUT2D eigenvalue weighted by Gasteiger charge is -2.29. The van der Waals surface area contributed by atoms with Crippen molar-refractivity contribution in [1.82, 2.24) is 10.6 Å². The zero-order valence-electron chi connectivity index (χ0n) is 15.1. The lowest BCUT2D eigenvalue weighted by atomic mass is 9.95. The number of carbonyl (C=O) groups excluding carboxylic acids is 1. The van der Waals surface area contributed by atoms with E-state index in [1.54, 1.807) is 5.32 Å². The maximum absolute atomic E-state index is 12.8. The number of carbonyl (C=O) groups is 1. The van der Waals surface area contributed by atoms with Crippen LogP contribution >= 0.6 is 0 Å². The minimum Gasteiger partial charge on any atom is -0.346 e. The van der Waals surface area contributed by atoms with E-state index in [0.29, 0.717) is 18.9 Å². The fourth-order valence-electron chi connectivity index (χ4n) is 3.12. The van der Waals surface area contributed by atoms with Crippen LogP contribution < -0.4 is 10.6 Å². The van der Waals surface area contributed by atoms with Gasteiger partial charge in [-0.1, -0.05) is 6.07 Å². The Morgan fingerprint density at radius 3 is 2.21 bits per heavy atom. The van der Waals surface area contributed by atoms with E-state index < -0.39 is 50.4 Å². The van der Waals surface area contributed by atoms with Crippen molar-refractivity contribution in [3.8, 4) is 0 Å². The van der Waals surface area contributed by atoms with Gasteiger partial charge in [-0.05, 0) is 43.9 Å². The Balaban J connectivity index is 1.89. The Hall–Kier alpha value is -1.82. The quantitative estimate of drug-likeness (QED) is 0.659. The summed E-state index contributed by atoms with van der Waals surface area (Å²) >= 11 is 0. The number of hydrogen-bond acceptors (Lipinski definition) is 4. The number of halogens is 6. The molecule has 1 aromatic rings. The number of rotatable bonds is 6. The van der Waals surface area contributed by atoms with Gasteiger partial charge >= 0.3 is 12.4 Å². The van der Waals surface area contributed by atoms with Crippen LogP contribution in [0.5, 0.6) is 0 Å². The Bertz CT molecular complexity index is 815. The van der Waals surface area contributed by atoms with Crippen LogP contribution in [-0.2, 0) is 20.8 Å².